The van der Waals surface area contributed by atoms with Gasteiger partial charge in [-0.3, -0.25) is 9.78 Å². The highest BCUT2D eigenvalue weighted by Gasteiger charge is 2.34. The summed E-state index contributed by atoms with van der Waals surface area (Å²) in [5, 5.41) is 11.9. The Morgan fingerprint density at radius 3 is 2.94 bits per heavy atom. The molecule has 10 heteroatoms. The molecular formula is C26H30ClFN4O3S. The van der Waals surface area contributed by atoms with Crippen molar-refractivity contribution in [1.82, 2.24) is 14.9 Å². The quantitative estimate of drug-likeness (QED) is 0.351. The van der Waals surface area contributed by atoms with Crippen LogP contribution in [0.3, 0.4) is 0 Å². The number of fused-ring (bicyclic) bond motifs is 1. The third kappa shape index (κ3) is 6.45. The molecule has 3 atom stereocenters. The molecular weight excluding hydrogens is 503 g/mol. The van der Waals surface area contributed by atoms with E-state index < -0.39 is 11.9 Å². The summed E-state index contributed by atoms with van der Waals surface area (Å²) in [5.41, 5.74) is 8.20. The number of aromatic nitrogens is 2. The zero-order chi connectivity index (χ0) is 25.7. The predicted octanol–water partition coefficient (Wildman–Crippen LogP) is 5.03. The fourth-order valence-corrected chi connectivity index (χ4v) is 6.03. The lowest BCUT2D eigenvalue weighted by Crippen LogP contribution is -2.44. The van der Waals surface area contributed by atoms with Crippen LogP contribution in [0.25, 0.3) is 10.9 Å². The van der Waals surface area contributed by atoms with E-state index in [0.717, 1.165) is 41.7 Å². The molecule has 0 aliphatic carbocycles. The Bertz CT molecular complexity index is 1220. The highest BCUT2D eigenvalue weighted by molar-refractivity contribution is 7.99. The first kappa shape index (κ1) is 26.6. The Labute approximate surface area is 219 Å². The molecule has 3 aromatic rings. The van der Waals surface area contributed by atoms with Crippen LogP contribution in [-0.2, 0) is 4.79 Å². The predicted molar refractivity (Wildman–Crippen MR) is 140 cm³/mol. The number of halogens is 2. The normalized spacial score (nSPS) is 19.3. The molecule has 0 saturated carbocycles. The molecule has 3 unspecified atom stereocenters. The number of nitrogens with zero attached hydrogens (tertiary/aromatic N) is 3. The van der Waals surface area contributed by atoms with E-state index >= 15 is 0 Å². The van der Waals surface area contributed by atoms with Gasteiger partial charge in [-0.15, -0.1) is 11.8 Å². The molecule has 0 spiro atoms. The van der Waals surface area contributed by atoms with Crippen molar-refractivity contribution in [1.29, 1.82) is 0 Å². The first-order valence-electron chi connectivity index (χ1n) is 11.9. The van der Waals surface area contributed by atoms with Gasteiger partial charge in [-0.25, -0.2) is 9.37 Å². The highest BCUT2D eigenvalue weighted by Crippen LogP contribution is 2.36. The van der Waals surface area contributed by atoms with E-state index in [-0.39, 0.29) is 17.8 Å². The van der Waals surface area contributed by atoms with Crippen LogP contribution < -0.4 is 10.5 Å². The zero-order valence-corrected chi connectivity index (χ0v) is 21.6. The molecule has 7 nitrogen and oxygen atoms in total. The molecule has 0 radical (unpaired) electrons. The molecule has 1 aromatic carbocycles. The number of methoxy groups -OCH3 is 1. The summed E-state index contributed by atoms with van der Waals surface area (Å²) < 4.78 is 18.7. The summed E-state index contributed by atoms with van der Waals surface area (Å²) in [4.78, 5) is 22.8. The second-order valence-corrected chi connectivity index (χ2v) is 10.6. The number of hydrogen-bond acceptors (Lipinski definition) is 7. The van der Waals surface area contributed by atoms with Gasteiger partial charge in [-0.2, -0.15) is 0 Å². The van der Waals surface area contributed by atoms with Crippen molar-refractivity contribution in [3.05, 3.63) is 59.1 Å². The molecule has 3 N–H and O–H groups in total. The fraction of sp³-hybridized carbons (Fsp3) is 0.423. The number of thioether (sulfide) groups is 1. The summed E-state index contributed by atoms with van der Waals surface area (Å²) in [7, 11) is 1.61. The average molecular weight is 533 g/mol. The van der Waals surface area contributed by atoms with E-state index in [0.29, 0.717) is 35.2 Å². The maximum atomic E-state index is 13.3. The molecule has 3 heterocycles. The molecule has 1 aliphatic heterocycles. The van der Waals surface area contributed by atoms with E-state index in [2.05, 4.69) is 14.9 Å². The Morgan fingerprint density at radius 1 is 1.36 bits per heavy atom. The average Bonchev–Trinajstić information content (AvgIpc) is 2.87. The van der Waals surface area contributed by atoms with E-state index in [4.69, 9.17) is 22.1 Å². The minimum atomic E-state index is -0.783. The van der Waals surface area contributed by atoms with Gasteiger partial charge in [0.15, 0.2) is 0 Å². The second-order valence-electron chi connectivity index (χ2n) is 9.04. The molecule has 192 valence electrons. The van der Waals surface area contributed by atoms with Gasteiger partial charge in [0.2, 0.25) is 0 Å². The van der Waals surface area contributed by atoms with Crippen molar-refractivity contribution >= 4 is 40.2 Å². The van der Waals surface area contributed by atoms with E-state index in [1.807, 2.05) is 18.2 Å². The third-order valence-corrected chi connectivity index (χ3v) is 8.01. The van der Waals surface area contributed by atoms with Gasteiger partial charge < -0.3 is 20.5 Å². The summed E-state index contributed by atoms with van der Waals surface area (Å²) in [5.74, 6) is -0.107. The zero-order valence-electron chi connectivity index (χ0n) is 20.1. The lowest BCUT2D eigenvalue weighted by molar-refractivity contribution is -0.146. The van der Waals surface area contributed by atoms with Gasteiger partial charge in [-0.05, 0) is 61.6 Å². The van der Waals surface area contributed by atoms with Gasteiger partial charge in [0.05, 0.1) is 28.6 Å². The van der Waals surface area contributed by atoms with Crippen LogP contribution in [0.4, 0.5) is 4.39 Å². The number of aliphatic carboxylic acids is 1. The van der Waals surface area contributed by atoms with Crippen molar-refractivity contribution in [3.8, 4) is 5.75 Å². The molecule has 0 bridgehead atoms. The molecule has 1 aliphatic rings. The van der Waals surface area contributed by atoms with Gasteiger partial charge in [0.25, 0.3) is 0 Å². The number of ether oxygens (including phenoxy) is 1. The van der Waals surface area contributed by atoms with Crippen molar-refractivity contribution in [2.75, 3.05) is 32.5 Å². The first-order valence-corrected chi connectivity index (χ1v) is 13.3. The van der Waals surface area contributed by atoms with Crippen LogP contribution in [-0.4, -0.2) is 58.4 Å². The number of pyridine rings is 2. The topological polar surface area (TPSA) is 102 Å². The van der Waals surface area contributed by atoms with E-state index in [1.54, 1.807) is 13.3 Å². The van der Waals surface area contributed by atoms with Crippen molar-refractivity contribution in [2.24, 2.45) is 17.6 Å². The largest absolute Gasteiger partial charge is 0.497 e. The van der Waals surface area contributed by atoms with Crippen molar-refractivity contribution < 1.29 is 19.0 Å². The van der Waals surface area contributed by atoms with Gasteiger partial charge in [0, 0.05) is 48.7 Å². The molecule has 1 fully saturated rings. The van der Waals surface area contributed by atoms with Crippen LogP contribution >= 0.6 is 23.4 Å². The van der Waals surface area contributed by atoms with Crippen molar-refractivity contribution in [3.63, 3.8) is 0 Å². The molecule has 0 amide bonds. The summed E-state index contributed by atoms with van der Waals surface area (Å²) >= 11 is 7.98. The number of nitrogens with two attached hydrogens (primary N) is 1. The third-order valence-electron chi connectivity index (χ3n) is 6.80. The number of benzene rings is 1. The number of piperidine rings is 1. The minimum Gasteiger partial charge on any atom is -0.497 e. The number of likely N-dealkylation sites (tertiary alicyclic amines) is 1. The maximum Gasteiger partial charge on any atom is 0.308 e. The Kier molecular flexibility index (Phi) is 9.00. The number of carboxylic acid groups (broad SMARTS) is 1. The standard InChI is InChI=1S/C26H30ClFN4O3S/c1-35-18-3-5-23-19(13-18)25(21(27)14-31-23)22(29)4-2-16-7-9-32(15-20(16)26(33)34)10-11-36-24-12-17(28)6-8-30-24/h3,5-6,8,12-14,16,20,22H,2,4,7,9-11,15,29H2,1H3,(H,33,34). The van der Waals surface area contributed by atoms with Crippen LogP contribution in [0.2, 0.25) is 5.02 Å². The van der Waals surface area contributed by atoms with Crippen LogP contribution in [0.5, 0.6) is 5.75 Å². The van der Waals surface area contributed by atoms with E-state index in [1.165, 1.54) is 30.1 Å². The summed E-state index contributed by atoms with van der Waals surface area (Å²) in [6.45, 7) is 2.03. The number of rotatable bonds is 10. The first-order chi connectivity index (χ1) is 17.4. The number of carbonyl (C=O) groups is 1. The number of carboxylic acids is 1. The maximum absolute atomic E-state index is 13.3. The molecule has 4 rings (SSSR count). The Morgan fingerprint density at radius 2 is 2.19 bits per heavy atom. The van der Waals surface area contributed by atoms with Gasteiger partial charge in [0.1, 0.15) is 11.6 Å². The molecule has 2 aromatic heterocycles. The lowest BCUT2D eigenvalue weighted by Gasteiger charge is -2.37. The smallest absolute Gasteiger partial charge is 0.308 e. The van der Waals surface area contributed by atoms with Crippen LogP contribution in [0.1, 0.15) is 30.9 Å². The highest BCUT2D eigenvalue weighted by atomic mass is 35.5. The van der Waals surface area contributed by atoms with E-state index in [9.17, 15) is 14.3 Å². The minimum absolute atomic E-state index is 0.0313. The Hall–Kier alpha value is -2.46. The second kappa shape index (κ2) is 12.2. The van der Waals surface area contributed by atoms with Crippen molar-refractivity contribution in [2.45, 2.75) is 30.3 Å². The fourth-order valence-electron chi connectivity index (χ4n) is 4.85. The number of hydrogen-bond donors (Lipinski definition) is 2. The van der Waals surface area contributed by atoms with Crippen LogP contribution in [0, 0.1) is 17.7 Å². The molecule has 36 heavy (non-hydrogen) atoms. The SMILES string of the molecule is COc1ccc2ncc(Cl)c(C(N)CCC3CCN(CCSc4cc(F)ccn4)CC3C(=O)O)c2c1. The Balaban J connectivity index is 1.36. The monoisotopic (exact) mass is 532 g/mol. The lowest BCUT2D eigenvalue weighted by atomic mass is 9.81. The van der Waals surface area contributed by atoms with Crippen LogP contribution in [0.15, 0.2) is 47.8 Å². The summed E-state index contributed by atoms with van der Waals surface area (Å²) in [6.07, 6.45) is 5.16. The summed E-state index contributed by atoms with van der Waals surface area (Å²) in [6, 6.07) is 7.99. The van der Waals surface area contributed by atoms with Gasteiger partial charge in [-0.1, -0.05) is 11.6 Å². The van der Waals surface area contributed by atoms with Gasteiger partial charge >= 0.3 is 5.97 Å². The molecule has 1 saturated heterocycles.